The molecule has 1 amide bonds. The Morgan fingerprint density at radius 2 is 1.90 bits per heavy atom. The van der Waals surface area contributed by atoms with Gasteiger partial charge in [0, 0.05) is 13.6 Å². The molecule has 0 saturated heterocycles. The highest BCUT2D eigenvalue weighted by atomic mass is 35.5. The second kappa shape index (κ2) is 10.9. The van der Waals surface area contributed by atoms with E-state index in [9.17, 15) is 9.59 Å². The molecule has 1 atom stereocenters. The van der Waals surface area contributed by atoms with Crippen LogP contribution in [-0.4, -0.2) is 48.1 Å². The van der Waals surface area contributed by atoms with Crippen LogP contribution in [0.5, 0.6) is 0 Å². The van der Waals surface area contributed by atoms with Crippen LogP contribution in [0.15, 0.2) is 0 Å². The Kier molecular flexibility index (Phi) is 10.4. The minimum atomic E-state index is -0.880. The van der Waals surface area contributed by atoms with E-state index in [1.807, 2.05) is 14.0 Å². The molecule has 0 aromatic rings. The molecule has 5 nitrogen and oxygen atoms in total. The van der Waals surface area contributed by atoms with E-state index in [-0.39, 0.29) is 24.9 Å². The van der Waals surface area contributed by atoms with E-state index in [4.69, 9.17) is 5.11 Å². The average Bonchev–Trinajstić information content (AvgIpc) is 2.43. The number of carboxylic acids is 1. The second-order valence-corrected chi connectivity index (χ2v) is 5.84. The fraction of sp³-hybridized carbons (Fsp3) is 0.867. The fourth-order valence-corrected chi connectivity index (χ4v) is 2.81. The Labute approximate surface area is 133 Å². The Balaban J connectivity index is 0.00000400. The van der Waals surface area contributed by atoms with E-state index in [1.165, 1.54) is 32.1 Å². The minimum absolute atomic E-state index is 0. The van der Waals surface area contributed by atoms with Crippen LogP contribution in [0, 0.1) is 5.92 Å². The highest BCUT2D eigenvalue weighted by Gasteiger charge is 2.20. The molecule has 124 valence electrons. The summed E-state index contributed by atoms with van der Waals surface area (Å²) in [5, 5.41) is 11.9. The van der Waals surface area contributed by atoms with Gasteiger partial charge in [-0.3, -0.25) is 14.9 Å². The van der Waals surface area contributed by atoms with Gasteiger partial charge in [-0.15, -0.1) is 12.4 Å². The monoisotopic (exact) mass is 320 g/mol. The summed E-state index contributed by atoms with van der Waals surface area (Å²) in [6, 6.07) is -0.618. The number of carboxylic acid groups (broad SMARTS) is 1. The van der Waals surface area contributed by atoms with Gasteiger partial charge in [0.2, 0.25) is 5.91 Å². The van der Waals surface area contributed by atoms with Gasteiger partial charge in [-0.1, -0.05) is 32.6 Å². The van der Waals surface area contributed by atoms with Gasteiger partial charge >= 0.3 is 5.97 Å². The van der Waals surface area contributed by atoms with Gasteiger partial charge in [0.15, 0.2) is 0 Å². The van der Waals surface area contributed by atoms with Crippen LogP contribution in [0.3, 0.4) is 0 Å². The molecule has 0 aliphatic heterocycles. The van der Waals surface area contributed by atoms with Crippen molar-refractivity contribution in [1.82, 2.24) is 10.2 Å². The maximum Gasteiger partial charge on any atom is 0.320 e. The number of carbonyl (C=O) groups excluding carboxylic acids is 1. The molecule has 0 aromatic heterocycles. The molecular weight excluding hydrogens is 292 g/mol. The first-order valence-electron chi connectivity index (χ1n) is 7.74. The van der Waals surface area contributed by atoms with Crippen LogP contribution < -0.4 is 5.32 Å². The van der Waals surface area contributed by atoms with Crippen LogP contribution in [0.4, 0.5) is 0 Å². The molecule has 0 heterocycles. The van der Waals surface area contributed by atoms with Crippen LogP contribution in [0.25, 0.3) is 0 Å². The highest BCUT2D eigenvalue weighted by molar-refractivity contribution is 5.85. The van der Waals surface area contributed by atoms with Crippen LogP contribution >= 0.6 is 12.4 Å². The molecule has 1 aliphatic rings. The SMILES string of the molecule is CCCC(NCC(=O)N(C)CC1CCCCC1)C(=O)O.Cl. The Hall–Kier alpha value is -0.810. The molecule has 1 rings (SSSR count). The zero-order valence-electron chi connectivity index (χ0n) is 13.1. The predicted octanol–water partition coefficient (Wildman–Crippen LogP) is 2.29. The molecule has 21 heavy (non-hydrogen) atoms. The number of hydrogen-bond acceptors (Lipinski definition) is 3. The van der Waals surface area contributed by atoms with Gasteiger partial charge in [-0.05, 0) is 25.2 Å². The summed E-state index contributed by atoms with van der Waals surface area (Å²) in [5.74, 6) is -0.281. The lowest BCUT2D eigenvalue weighted by Crippen LogP contribution is -2.44. The number of hydrogen-bond donors (Lipinski definition) is 2. The number of halogens is 1. The Morgan fingerprint density at radius 3 is 2.43 bits per heavy atom. The molecule has 0 radical (unpaired) electrons. The van der Waals surface area contributed by atoms with Crippen molar-refractivity contribution in [3.63, 3.8) is 0 Å². The van der Waals surface area contributed by atoms with E-state index in [0.717, 1.165) is 13.0 Å². The van der Waals surface area contributed by atoms with Gasteiger partial charge in [0.1, 0.15) is 6.04 Å². The van der Waals surface area contributed by atoms with E-state index in [2.05, 4.69) is 5.32 Å². The standard InChI is InChI=1S/C15H28N2O3.ClH/c1-3-7-13(15(19)20)16-10-14(18)17(2)11-12-8-5-4-6-9-12;/h12-13,16H,3-11H2,1-2H3,(H,19,20);1H. The molecule has 1 saturated carbocycles. The van der Waals surface area contributed by atoms with Crippen LogP contribution in [-0.2, 0) is 9.59 Å². The maximum atomic E-state index is 12.0. The molecule has 0 aromatic carbocycles. The number of rotatable bonds is 8. The van der Waals surface area contributed by atoms with E-state index in [0.29, 0.717) is 12.3 Å². The lowest BCUT2D eigenvalue weighted by Gasteiger charge is -2.27. The van der Waals surface area contributed by atoms with Crippen molar-refractivity contribution in [2.24, 2.45) is 5.92 Å². The minimum Gasteiger partial charge on any atom is -0.480 e. The van der Waals surface area contributed by atoms with Crippen molar-refractivity contribution in [2.45, 2.75) is 57.9 Å². The van der Waals surface area contributed by atoms with E-state index >= 15 is 0 Å². The summed E-state index contributed by atoms with van der Waals surface area (Å²) in [6.07, 6.45) is 7.60. The van der Waals surface area contributed by atoms with Gasteiger partial charge in [-0.2, -0.15) is 0 Å². The topological polar surface area (TPSA) is 69.6 Å². The molecule has 1 unspecified atom stereocenters. The Bertz CT molecular complexity index is 320. The zero-order valence-corrected chi connectivity index (χ0v) is 14.0. The molecule has 6 heteroatoms. The highest BCUT2D eigenvalue weighted by Crippen LogP contribution is 2.24. The number of carbonyl (C=O) groups is 2. The van der Waals surface area contributed by atoms with E-state index in [1.54, 1.807) is 4.90 Å². The third-order valence-electron chi connectivity index (χ3n) is 4.06. The summed E-state index contributed by atoms with van der Waals surface area (Å²) >= 11 is 0. The summed E-state index contributed by atoms with van der Waals surface area (Å²) in [7, 11) is 1.81. The van der Waals surface area contributed by atoms with Gasteiger partial charge < -0.3 is 10.0 Å². The van der Waals surface area contributed by atoms with Crippen molar-refractivity contribution in [1.29, 1.82) is 0 Å². The number of amides is 1. The van der Waals surface area contributed by atoms with Crippen LogP contribution in [0.2, 0.25) is 0 Å². The zero-order chi connectivity index (χ0) is 15.0. The maximum absolute atomic E-state index is 12.0. The smallest absolute Gasteiger partial charge is 0.320 e. The molecule has 0 bridgehead atoms. The molecule has 2 N–H and O–H groups in total. The summed E-state index contributed by atoms with van der Waals surface area (Å²) in [6.45, 7) is 2.85. The largest absolute Gasteiger partial charge is 0.480 e. The molecular formula is C15H29ClN2O3. The molecule has 1 fully saturated rings. The number of nitrogens with one attached hydrogen (secondary N) is 1. The lowest BCUT2D eigenvalue weighted by molar-refractivity contribution is -0.140. The van der Waals surface area contributed by atoms with Crippen molar-refractivity contribution in [3.8, 4) is 0 Å². The number of likely N-dealkylation sites (N-methyl/N-ethyl adjacent to an activating group) is 1. The third-order valence-corrected chi connectivity index (χ3v) is 4.06. The predicted molar refractivity (Wildman–Crippen MR) is 85.8 cm³/mol. The lowest BCUT2D eigenvalue weighted by atomic mass is 9.89. The van der Waals surface area contributed by atoms with Gasteiger partial charge in [0.25, 0.3) is 0 Å². The summed E-state index contributed by atoms with van der Waals surface area (Å²) in [5.41, 5.74) is 0. The summed E-state index contributed by atoms with van der Waals surface area (Å²) < 4.78 is 0. The second-order valence-electron chi connectivity index (χ2n) is 5.84. The van der Waals surface area contributed by atoms with Gasteiger partial charge in [0.05, 0.1) is 6.54 Å². The summed E-state index contributed by atoms with van der Waals surface area (Å²) in [4.78, 5) is 24.8. The molecule has 1 aliphatic carbocycles. The van der Waals surface area contributed by atoms with Gasteiger partial charge in [-0.25, -0.2) is 0 Å². The van der Waals surface area contributed by atoms with E-state index < -0.39 is 12.0 Å². The Morgan fingerprint density at radius 1 is 1.29 bits per heavy atom. The first kappa shape index (κ1) is 20.2. The van der Waals surface area contributed by atoms with Crippen LogP contribution in [0.1, 0.15) is 51.9 Å². The first-order valence-corrected chi connectivity index (χ1v) is 7.74. The average molecular weight is 321 g/mol. The fourth-order valence-electron chi connectivity index (χ4n) is 2.81. The number of nitrogens with zero attached hydrogens (tertiary/aromatic N) is 1. The first-order chi connectivity index (χ1) is 9.54. The van der Waals surface area contributed by atoms with Crippen molar-refractivity contribution in [3.05, 3.63) is 0 Å². The number of aliphatic carboxylic acids is 1. The third kappa shape index (κ3) is 7.67. The van der Waals surface area contributed by atoms with Crippen molar-refractivity contribution >= 4 is 24.3 Å². The quantitative estimate of drug-likeness (QED) is 0.720. The normalized spacial score (nSPS) is 16.9. The van der Waals surface area contributed by atoms with Crippen molar-refractivity contribution in [2.75, 3.05) is 20.1 Å². The molecule has 0 spiro atoms. The van der Waals surface area contributed by atoms with Crippen molar-refractivity contribution < 1.29 is 14.7 Å².